The fourth-order valence-electron chi connectivity index (χ4n) is 2.58. The second-order valence-electron chi connectivity index (χ2n) is 5.09. The number of aryl methyl sites for hydroxylation is 1. The van der Waals surface area contributed by atoms with E-state index < -0.39 is 12.1 Å². The van der Waals surface area contributed by atoms with Crippen LogP contribution < -0.4 is 10.1 Å². The van der Waals surface area contributed by atoms with E-state index in [2.05, 4.69) is 15.0 Å². The fourth-order valence-corrected chi connectivity index (χ4v) is 2.84. The summed E-state index contributed by atoms with van der Waals surface area (Å²) in [5, 5.41) is 2.75. The first-order chi connectivity index (χ1) is 10.7. The number of alkyl halides is 3. The SMILES string of the molecule is Cc1cc(-c2c(Cl)cncc2OC(F)(F)F)cc2c1NC(=O)C2. The van der Waals surface area contributed by atoms with E-state index in [-0.39, 0.29) is 22.9 Å². The monoisotopic (exact) mass is 342 g/mol. The third-order valence-electron chi connectivity index (χ3n) is 3.41. The van der Waals surface area contributed by atoms with Gasteiger partial charge >= 0.3 is 6.36 Å². The van der Waals surface area contributed by atoms with Gasteiger partial charge in [0.05, 0.1) is 17.6 Å². The molecule has 0 fully saturated rings. The molecule has 0 bridgehead atoms. The van der Waals surface area contributed by atoms with Crippen LogP contribution in [0.2, 0.25) is 5.02 Å². The Morgan fingerprint density at radius 1 is 1.30 bits per heavy atom. The molecule has 0 saturated carbocycles. The van der Waals surface area contributed by atoms with E-state index in [0.29, 0.717) is 16.8 Å². The van der Waals surface area contributed by atoms with Crippen LogP contribution in [0.4, 0.5) is 18.9 Å². The van der Waals surface area contributed by atoms with Crippen molar-refractivity contribution in [1.29, 1.82) is 0 Å². The highest BCUT2D eigenvalue weighted by atomic mass is 35.5. The van der Waals surface area contributed by atoms with Crippen molar-refractivity contribution in [1.82, 2.24) is 4.98 Å². The largest absolute Gasteiger partial charge is 0.573 e. The molecule has 2 heterocycles. The molecule has 0 unspecified atom stereocenters. The van der Waals surface area contributed by atoms with Crippen LogP contribution in [-0.4, -0.2) is 17.3 Å². The Morgan fingerprint density at radius 3 is 2.74 bits per heavy atom. The number of ether oxygens (including phenoxy) is 1. The number of hydrogen-bond acceptors (Lipinski definition) is 3. The van der Waals surface area contributed by atoms with E-state index in [1.807, 2.05) is 0 Å². The van der Waals surface area contributed by atoms with Crippen molar-refractivity contribution in [3.63, 3.8) is 0 Å². The van der Waals surface area contributed by atoms with Gasteiger partial charge in [0.1, 0.15) is 0 Å². The van der Waals surface area contributed by atoms with Gasteiger partial charge in [-0.2, -0.15) is 0 Å². The van der Waals surface area contributed by atoms with Gasteiger partial charge < -0.3 is 10.1 Å². The lowest BCUT2D eigenvalue weighted by atomic mass is 9.98. The van der Waals surface area contributed by atoms with Gasteiger partial charge in [-0.05, 0) is 35.7 Å². The van der Waals surface area contributed by atoms with Crippen LogP contribution in [-0.2, 0) is 11.2 Å². The fraction of sp³-hybridized carbons (Fsp3) is 0.200. The zero-order chi connectivity index (χ0) is 16.8. The molecule has 4 nitrogen and oxygen atoms in total. The first kappa shape index (κ1) is 15.6. The number of rotatable bonds is 2. The first-order valence-corrected chi connectivity index (χ1v) is 6.95. The summed E-state index contributed by atoms with van der Waals surface area (Å²) in [6.45, 7) is 1.76. The van der Waals surface area contributed by atoms with Crippen LogP contribution in [0.5, 0.6) is 5.75 Å². The number of anilines is 1. The Morgan fingerprint density at radius 2 is 2.04 bits per heavy atom. The van der Waals surface area contributed by atoms with E-state index in [1.165, 1.54) is 6.20 Å². The Hall–Kier alpha value is -2.28. The van der Waals surface area contributed by atoms with Crippen molar-refractivity contribution in [2.24, 2.45) is 0 Å². The van der Waals surface area contributed by atoms with Crippen LogP contribution >= 0.6 is 11.6 Å². The lowest BCUT2D eigenvalue weighted by Crippen LogP contribution is -2.18. The number of nitrogens with zero attached hydrogens (tertiary/aromatic N) is 1. The second-order valence-corrected chi connectivity index (χ2v) is 5.50. The van der Waals surface area contributed by atoms with Crippen LogP contribution in [0.15, 0.2) is 24.5 Å². The van der Waals surface area contributed by atoms with Crippen molar-refractivity contribution in [2.75, 3.05) is 5.32 Å². The molecule has 8 heteroatoms. The first-order valence-electron chi connectivity index (χ1n) is 6.57. The normalized spacial score (nSPS) is 13.7. The minimum atomic E-state index is -4.86. The lowest BCUT2D eigenvalue weighted by Gasteiger charge is -2.15. The summed E-state index contributed by atoms with van der Waals surface area (Å²) in [6, 6.07) is 3.28. The number of aromatic nitrogens is 1. The molecule has 120 valence electrons. The molecule has 0 aliphatic carbocycles. The highest BCUT2D eigenvalue weighted by Crippen LogP contribution is 2.41. The van der Waals surface area contributed by atoms with Gasteiger partial charge in [0, 0.05) is 17.4 Å². The van der Waals surface area contributed by atoms with E-state index in [1.54, 1.807) is 19.1 Å². The Kier molecular flexibility index (Phi) is 3.68. The van der Waals surface area contributed by atoms with E-state index >= 15 is 0 Å². The number of amides is 1. The average molecular weight is 343 g/mol. The van der Waals surface area contributed by atoms with Crippen molar-refractivity contribution in [3.8, 4) is 16.9 Å². The summed E-state index contributed by atoms with van der Waals surface area (Å²) in [4.78, 5) is 15.1. The lowest BCUT2D eigenvalue weighted by molar-refractivity contribution is -0.274. The zero-order valence-electron chi connectivity index (χ0n) is 11.8. The van der Waals surface area contributed by atoms with Gasteiger partial charge in [-0.3, -0.25) is 9.78 Å². The minimum absolute atomic E-state index is 0.0309. The Balaban J connectivity index is 2.15. The van der Waals surface area contributed by atoms with Crippen LogP contribution in [0.25, 0.3) is 11.1 Å². The molecular formula is C15H10ClF3N2O2. The molecule has 2 aromatic rings. The highest BCUT2D eigenvalue weighted by molar-refractivity contribution is 6.33. The maximum atomic E-state index is 12.6. The molecule has 0 radical (unpaired) electrons. The maximum absolute atomic E-state index is 12.6. The van der Waals surface area contributed by atoms with E-state index in [9.17, 15) is 18.0 Å². The molecule has 3 rings (SSSR count). The molecule has 0 saturated heterocycles. The third-order valence-corrected chi connectivity index (χ3v) is 3.70. The third kappa shape index (κ3) is 3.10. The number of benzene rings is 1. The average Bonchev–Trinajstić information content (AvgIpc) is 2.78. The van der Waals surface area contributed by atoms with Gasteiger partial charge in [0.2, 0.25) is 5.91 Å². The summed E-state index contributed by atoms with van der Waals surface area (Å²) in [6.07, 6.45) is -2.49. The summed E-state index contributed by atoms with van der Waals surface area (Å²) in [5.74, 6) is -0.644. The molecule has 0 atom stereocenters. The predicted molar refractivity (Wildman–Crippen MR) is 78.4 cm³/mol. The van der Waals surface area contributed by atoms with Gasteiger partial charge in [-0.25, -0.2) is 0 Å². The standard InChI is InChI=1S/C15H10ClF3N2O2/c1-7-2-8(3-9-4-12(22)21-14(7)9)13-10(16)5-20-6-11(13)23-15(17,18)19/h2-3,5-6H,4H2,1H3,(H,21,22). The van der Waals surface area contributed by atoms with Crippen molar-refractivity contribution < 1.29 is 22.7 Å². The van der Waals surface area contributed by atoms with Crippen molar-refractivity contribution >= 4 is 23.2 Å². The number of carbonyl (C=O) groups is 1. The zero-order valence-corrected chi connectivity index (χ0v) is 12.5. The molecule has 1 amide bonds. The Labute approximate surface area is 134 Å². The van der Waals surface area contributed by atoms with Crippen LogP contribution in [0.3, 0.4) is 0 Å². The second kappa shape index (κ2) is 5.42. The molecular weight excluding hydrogens is 333 g/mol. The number of hydrogen-bond donors (Lipinski definition) is 1. The number of carbonyl (C=O) groups excluding carboxylic acids is 1. The minimum Gasteiger partial charge on any atom is -0.403 e. The summed E-state index contributed by atoms with van der Waals surface area (Å²) < 4.78 is 41.7. The molecule has 1 aliphatic heterocycles. The summed E-state index contributed by atoms with van der Waals surface area (Å²) in [7, 11) is 0. The number of fused-ring (bicyclic) bond motifs is 1. The number of pyridine rings is 1. The summed E-state index contributed by atoms with van der Waals surface area (Å²) >= 11 is 6.03. The molecule has 1 aliphatic rings. The Bertz CT molecular complexity index is 806. The summed E-state index contributed by atoms with van der Waals surface area (Å²) in [5.41, 5.74) is 2.64. The van der Waals surface area contributed by atoms with Crippen molar-refractivity contribution in [2.45, 2.75) is 19.7 Å². The number of halogens is 4. The maximum Gasteiger partial charge on any atom is 0.573 e. The van der Waals surface area contributed by atoms with Gasteiger partial charge in [0.15, 0.2) is 5.75 Å². The van der Waals surface area contributed by atoms with Gasteiger partial charge in [0.25, 0.3) is 0 Å². The van der Waals surface area contributed by atoms with E-state index in [4.69, 9.17) is 11.6 Å². The van der Waals surface area contributed by atoms with Crippen molar-refractivity contribution in [3.05, 3.63) is 40.7 Å². The van der Waals surface area contributed by atoms with E-state index in [0.717, 1.165) is 11.8 Å². The molecule has 0 spiro atoms. The topological polar surface area (TPSA) is 51.2 Å². The van der Waals surface area contributed by atoms with Crippen LogP contribution in [0, 0.1) is 6.92 Å². The molecule has 1 N–H and O–H groups in total. The molecule has 23 heavy (non-hydrogen) atoms. The molecule has 1 aromatic carbocycles. The highest BCUT2D eigenvalue weighted by Gasteiger charge is 2.33. The smallest absolute Gasteiger partial charge is 0.403 e. The van der Waals surface area contributed by atoms with Gasteiger partial charge in [-0.15, -0.1) is 13.2 Å². The van der Waals surface area contributed by atoms with Crippen LogP contribution in [0.1, 0.15) is 11.1 Å². The number of nitrogens with one attached hydrogen (secondary N) is 1. The predicted octanol–water partition coefficient (Wildman–Crippen LogP) is 4.10. The molecule has 1 aromatic heterocycles. The quantitative estimate of drug-likeness (QED) is 0.893. The van der Waals surface area contributed by atoms with Gasteiger partial charge in [-0.1, -0.05) is 11.6 Å².